The van der Waals surface area contributed by atoms with Crippen molar-refractivity contribution in [3.05, 3.63) is 0 Å². The Morgan fingerprint density at radius 2 is 0.800 bits per heavy atom. The average Bonchev–Trinajstić information content (AvgIpc) is 0. The van der Waals surface area contributed by atoms with Gasteiger partial charge in [0, 0.05) is 0 Å². The van der Waals surface area contributed by atoms with E-state index in [1.165, 1.54) is 0 Å². The molecule has 4 N–H and O–H groups in total. The molecule has 0 aliphatic rings. The van der Waals surface area contributed by atoms with Gasteiger partial charge in [0.1, 0.15) is 0 Å². The van der Waals surface area contributed by atoms with Crippen LogP contribution in [0, 0.1) is 0 Å². The van der Waals surface area contributed by atoms with E-state index in [-0.39, 0.29) is 59.0 Å². The van der Waals surface area contributed by atoms with Crippen LogP contribution in [-0.4, -0.2) is 34.0 Å². The molecular formula is H4MgO3Zn+2. The number of hydrogen-bond acceptors (Lipinski definition) is 0. The fourth-order valence-corrected chi connectivity index (χ4v) is 0. The molecule has 0 fully saturated rings. The Kier molecular flexibility index (Phi) is 1290. The van der Waals surface area contributed by atoms with Crippen LogP contribution in [-0.2, 0) is 25.0 Å². The molecule has 0 aromatic carbocycles. The van der Waals surface area contributed by atoms with Gasteiger partial charge in [0.05, 0.1) is 0 Å². The minimum Gasteiger partial charge on any atom is -2.00 e. The SMILES string of the molecule is O.O.[Mg+2].[O-2].[Zn+2]. The van der Waals surface area contributed by atoms with Crippen molar-refractivity contribution >= 4 is 23.1 Å². The van der Waals surface area contributed by atoms with Gasteiger partial charge in [0.25, 0.3) is 0 Å². The summed E-state index contributed by atoms with van der Waals surface area (Å²) in [5.41, 5.74) is 0. The molecule has 0 aromatic rings. The maximum Gasteiger partial charge on any atom is 2.00 e. The van der Waals surface area contributed by atoms with Crippen LogP contribution in [0.25, 0.3) is 0 Å². The van der Waals surface area contributed by atoms with Gasteiger partial charge in [0.2, 0.25) is 0 Å². The molecule has 0 heterocycles. The van der Waals surface area contributed by atoms with E-state index < -0.39 is 0 Å². The summed E-state index contributed by atoms with van der Waals surface area (Å²) < 4.78 is 0. The standard InChI is InChI=1S/Mg.2H2O.O.Zn/h;2*1H2;;/q+2;;;-2;+2. The van der Waals surface area contributed by atoms with Crippen molar-refractivity contribution in [1.29, 1.82) is 0 Å². The first-order valence-corrected chi connectivity index (χ1v) is 0. The van der Waals surface area contributed by atoms with Gasteiger partial charge < -0.3 is 16.4 Å². The first-order chi connectivity index (χ1) is 0. The van der Waals surface area contributed by atoms with E-state index in [2.05, 4.69) is 0 Å². The second-order valence-electron chi connectivity index (χ2n) is 0. The molecule has 0 saturated heterocycles. The summed E-state index contributed by atoms with van der Waals surface area (Å²) in [5.74, 6) is 0. The Bertz CT molecular complexity index is 6.85. The van der Waals surface area contributed by atoms with Crippen molar-refractivity contribution in [3.8, 4) is 0 Å². The molecule has 0 unspecified atom stereocenters. The third-order valence-corrected chi connectivity index (χ3v) is 0. The van der Waals surface area contributed by atoms with Crippen molar-refractivity contribution in [1.82, 2.24) is 0 Å². The van der Waals surface area contributed by atoms with Crippen molar-refractivity contribution < 1.29 is 35.9 Å². The Labute approximate surface area is 59.0 Å². The fourth-order valence-electron chi connectivity index (χ4n) is 0. The largest absolute Gasteiger partial charge is 2.00 e. The van der Waals surface area contributed by atoms with Crippen LogP contribution in [0.3, 0.4) is 0 Å². The van der Waals surface area contributed by atoms with Crippen LogP contribution in [0.15, 0.2) is 0 Å². The van der Waals surface area contributed by atoms with Crippen LogP contribution < -0.4 is 0 Å². The second kappa shape index (κ2) is 59.6. The summed E-state index contributed by atoms with van der Waals surface area (Å²) >= 11 is 0. The summed E-state index contributed by atoms with van der Waals surface area (Å²) in [6, 6.07) is 0. The van der Waals surface area contributed by atoms with Gasteiger partial charge in [-0.05, 0) is 0 Å². The van der Waals surface area contributed by atoms with E-state index in [1.54, 1.807) is 0 Å². The molecule has 5 heavy (non-hydrogen) atoms. The minimum atomic E-state index is 0. The Balaban J connectivity index is 0. The van der Waals surface area contributed by atoms with Crippen molar-refractivity contribution in [2.24, 2.45) is 0 Å². The van der Waals surface area contributed by atoms with Gasteiger partial charge in [-0.2, -0.15) is 0 Å². The Hall–Kier alpha value is 1.27. The molecule has 0 spiro atoms. The van der Waals surface area contributed by atoms with E-state index in [0.29, 0.717) is 0 Å². The summed E-state index contributed by atoms with van der Waals surface area (Å²) in [7, 11) is 0. The quantitative estimate of drug-likeness (QED) is 0.344. The molecule has 0 aromatic heterocycles. The van der Waals surface area contributed by atoms with Gasteiger partial charge in [-0.15, -0.1) is 0 Å². The Morgan fingerprint density at radius 3 is 0.800 bits per heavy atom. The molecular weight excluding hydrogens is 138 g/mol. The van der Waals surface area contributed by atoms with Gasteiger partial charge in [-0.1, -0.05) is 0 Å². The van der Waals surface area contributed by atoms with Crippen molar-refractivity contribution in [3.63, 3.8) is 0 Å². The number of hydrogen-bond donors (Lipinski definition) is 0. The normalized spacial score (nSPS) is 0. The predicted octanol–water partition coefficient (Wildman–Crippen LogP) is -2.15. The molecule has 24 valence electrons. The van der Waals surface area contributed by atoms with E-state index in [1.807, 2.05) is 0 Å². The van der Waals surface area contributed by atoms with Gasteiger partial charge in [-0.3, -0.25) is 0 Å². The second-order valence-corrected chi connectivity index (χ2v) is 0. The average molecular weight is 142 g/mol. The summed E-state index contributed by atoms with van der Waals surface area (Å²) in [6.07, 6.45) is 0. The molecule has 0 rings (SSSR count). The number of rotatable bonds is 0. The third-order valence-electron chi connectivity index (χ3n) is 0. The van der Waals surface area contributed by atoms with E-state index in [9.17, 15) is 0 Å². The molecule has 5 heteroatoms. The van der Waals surface area contributed by atoms with Crippen LogP contribution in [0.5, 0.6) is 0 Å². The zero-order valence-corrected chi connectivity index (χ0v) is 7.20. The Morgan fingerprint density at radius 1 is 0.800 bits per heavy atom. The van der Waals surface area contributed by atoms with E-state index in [0.717, 1.165) is 0 Å². The smallest absolute Gasteiger partial charge is 2.00 e. The zero-order chi connectivity index (χ0) is 0. The van der Waals surface area contributed by atoms with Crippen LogP contribution in [0.4, 0.5) is 0 Å². The molecule has 3 nitrogen and oxygen atoms in total. The van der Waals surface area contributed by atoms with E-state index >= 15 is 0 Å². The maximum absolute atomic E-state index is 0. The van der Waals surface area contributed by atoms with E-state index in [4.69, 9.17) is 0 Å². The van der Waals surface area contributed by atoms with Crippen LogP contribution in [0.1, 0.15) is 0 Å². The predicted molar refractivity (Wildman–Crippen MR) is 13.7 cm³/mol. The summed E-state index contributed by atoms with van der Waals surface area (Å²) in [4.78, 5) is 0. The monoisotopic (exact) mass is 140 g/mol. The first kappa shape index (κ1) is 108. The van der Waals surface area contributed by atoms with Gasteiger partial charge in [0.15, 0.2) is 0 Å². The molecule has 0 radical (unpaired) electrons. The van der Waals surface area contributed by atoms with Gasteiger partial charge in [-0.25, -0.2) is 0 Å². The minimum absolute atomic E-state index is 0. The summed E-state index contributed by atoms with van der Waals surface area (Å²) in [5, 5.41) is 0. The van der Waals surface area contributed by atoms with Crippen molar-refractivity contribution in [2.75, 3.05) is 0 Å². The molecule has 0 aliphatic carbocycles. The van der Waals surface area contributed by atoms with Crippen molar-refractivity contribution in [2.45, 2.75) is 0 Å². The molecule has 0 atom stereocenters. The molecule has 0 aliphatic heterocycles. The molecule has 0 saturated carbocycles. The first-order valence-electron chi connectivity index (χ1n) is 0. The van der Waals surface area contributed by atoms with Crippen LogP contribution in [0.2, 0.25) is 0 Å². The fraction of sp³-hybridized carbons (Fsp3) is 0. The summed E-state index contributed by atoms with van der Waals surface area (Å²) in [6.45, 7) is 0. The topological polar surface area (TPSA) is 91.5 Å². The zero-order valence-electron chi connectivity index (χ0n) is 2.82. The van der Waals surface area contributed by atoms with Gasteiger partial charge >= 0.3 is 42.5 Å². The molecule has 0 amide bonds. The third kappa shape index (κ3) is 34.9. The van der Waals surface area contributed by atoms with Crippen LogP contribution >= 0.6 is 0 Å². The molecule has 0 bridgehead atoms. The maximum atomic E-state index is 0.